The van der Waals surface area contributed by atoms with Crippen LogP contribution < -0.4 is 10.1 Å². The Hall–Kier alpha value is -2.30. The highest BCUT2D eigenvalue weighted by Crippen LogP contribution is 2.44. The summed E-state index contributed by atoms with van der Waals surface area (Å²) in [4.78, 5) is 16.5. The van der Waals surface area contributed by atoms with Crippen LogP contribution in [-0.4, -0.2) is 24.0 Å². The van der Waals surface area contributed by atoms with Gasteiger partial charge in [0.25, 0.3) is 0 Å². The lowest BCUT2D eigenvalue weighted by Crippen LogP contribution is -2.38. The van der Waals surface area contributed by atoms with Crippen molar-refractivity contribution in [2.75, 3.05) is 7.11 Å². The molecule has 132 valence electrons. The number of rotatable bonds is 8. The third kappa shape index (κ3) is 4.03. The van der Waals surface area contributed by atoms with Gasteiger partial charge in [0.15, 0.2) is 11.7 Å². The molecule has 4 rings (SSSR count). The van der Waals surface area contributed by atoms with Crippen LogP contribution in [0.3, 0.4) is 0 Å². The molecule has 5 heteroatoms. The Morgan fingerprint density at radius 2 is 1.92 bits per heavy atom. The Bertz CT molecular complexity index is 718. The quantitative estimate of drug-likeness (QED) is 0.797. The average molecular weight is 340 g/mol. The number of benzene rings is 1. The van der Waals surface area contributed by atoms with E-state index in [1.54, 1.807) is 13.3 Å². The minimum Gasteiger partial charge on any atom is -0.497 e. The average Bonchev–Trinajstić information content (AvgIpc) is 3.57. The van der Waals surface area contributed by atoms with Gasteiger partial charge in [-0.05, 0) is 61.8 Å². The fraction of sp³-hybridized carbons (Fsp3) is 0.500. The van der Waals surface area contributed by atoms with Gasteiger partial charge < -0.3 is 14.5 Å². The molecule has 0 aliphatic heterocycles. The van der Waals surface area contributed by atoms with E-state index in [1.165, 1.54) is 25.7 Å². The SMILES string of the molecule is COc1ccc(-c2cnc(CCC(=O)NC(C3CC3)C3CC3)o2)cc1. The molecule has 5 nitrogen and oxygen atoms in total. The first-order chi connectivity index (χ1) is 12.2. The lowest BCUT2D eigenvalue weighted by atomic mass is 10.1. The van der Waals surface area contributed by atoms with E-state index in [4.69, 9.17) is 9.15 Å². The van der Waals surface area contributed by atoms with E-state index in [2.05, 4.69) is 10.3 Å². The molecule has 1 aromatic heterocycles. The molecule has 0 unspecified atom stereocenters. The summed E-state index contributed by atoms with van der Waals surface area (Å²) in [5, 5.41) is 3.24. The van der Waals surface area contributed by atoms with E-state index in [0.29, 0.717) is 30.5 Å². The second-order valence-corrected chi connectivity index (χ2v) is 7.11. The molecule has 2 aromatic rings. The van der Waals surface area contributed by atoms with Gasteiger partial charge in [0, 0.05) is 24.4 Å². The molecule has 2 fully saturated rings. The second kappa shape index (κ2) is 6.90. The van der Waals surface area contributed by atoms with Gasteiger partial charge in [0.2, 0.25) is 5.91 Å². The minimum absolute atomic E-state index is 0.119. The van der Waals surface area contributed by atoms with Crippen LogP contribution in [0.1, 0.15) is 38.0 Å². The van der Waals surface area contributed by atoms with E-state index in [0.717, 1.165) is 23.1 Å². The van der Waals surface area contributed by atoms with Gasteiger partial charge in [0.05, 0.1) is 13.3 Å². The zero-order valence-corrected chi connectivity index (χ0v) is 14.5. The number of nitrogens with zero attached hydrogens (tertiary/aromatic N) is 1. The van der Waals surface area contributed by atoms with Crippen molar-refractivity contribution in [1.82, 2.24) is 10.3 Å². The molecular formula is C20H24N2O3. The number of aromatic nitrogens is 1. The summed E-state index contributed by atoms with van der Waals surface area (Å²) in [6.07, 6.45) is 7.76. The van der Waals surface area contributed by atoms with E-state index >= 15 is 0 Å². The topological polar surface area (TPSA) is 64.4 Å². The molecule has 0 bridgehead atoms. The van der Waals surface area contributed by atoms with Crippen LogP contribution in [0.25, 0.3) is 11.3 Å². The molecule has 0 radical (unpaired) electrons. The fourth-order valence-electron chi connectivity index (χ4n) is 3.32. The maximum atomic E-state index is 12.2. The summed E-state index contributed by atoms with van der Waals surface area (Å²) >= 11 is 0. The first-order valence-electron chi connectivity index (χ1n) is 9.11. The standard InChI is InChI=1S/C20H24N2O3/c1-24-16-8-6-13(7-9-16)17-12-21-19(25-17)11-10-18(23)22-20(14-2-3-14)15-4-5-15/h6-9,12,14-15,20H,2-5,10-11H2,1H3,(H,22,23). The van der Waals surface area contributed by atoms with E-state index in [9.17, 15) is 4.79 Å². The third-order valence-corrected chi connectivity index (χ3v) is 5.08. The van der Waals surface area contributed by atoms with Crippen LogP contribution in [0.4, 0.5) is 0 Å². The highest BCUT2D eigenvalue weighted by atomic mass is 16.5. The summed E-state index contributed by atoms with van der Waals surface area (Å²) in [5.74, 6) is 3.69. The number of hydrogen-bond acceptors (Lipinski definition) is 4. The van der Waals surface area contributed by atoms with Crippen molar-refractivity contribution in [2.24, 2.45) is 11.8 Å². The fourth-order valence-corrected chi connectivity index (χ4v) is 3.32. The number of carbonyl (C=O) groups is 1. The predicted molar refractivity (Wildman–Crippen MR) is 94.2 cm³/mol. The Morgan fingerprint density at radius 1 is 1.24 bits per heavy atom. The summed E-state index contributed by atoms with van der Waals surface area (Å²) < 4.78 is 10.9. The molecule has 25 heavy (non-hydrogen) atoms. The third-order valence-electron chi connectivity index (χ3n) is 5.08. The van der Waals surface area contributed by atoms with Crippen molar-refractivity contribution in [3.05, 3.63) is 36.4 Å². The molecule has 1 heterocycles. The normalized spacial score (nSPS) is 16.9. The Labute approximate surface area is 147 Å². The lowest BCUT2D eigenvalue weighted by molar-refractivity contribution is -0.122. The number of carbonyl (C=O) groups excluding carboxylic acids is 1. The van der Waals surface area contributed by atoms with Gasteiger partial charge in [-0.15, -0.1) is 0 Å². The van der Waals surface area contributed by atoms with Gasteiger partial charge >= 0.3 is 0 Å². The first kappa shape index (κ1) is 16.2. The Morgan fingerprint density at radius 3 is 2.52 bits per heavy atom. The van der Waals surface area contributed by atoms with Crippen molar-refractivity contribution in [3.63, 3.8) is 0 Å². The zero-order chi connectivity index (χ0) is 17.2. The predicted octanol–water partition coefficient (Wildman–Crippen LogP) is 3.59. The first-order valence-corrected chi connectivity index (χ1v) is 9.11. The van der Waals surface area contributed by atoms with Crippen molar-refractivity contribution in [3.8, 4) is 17.1 Å². The Balaban J connectivity index is 1.30. The number of nitrogens with one attached hydrogen (secondary N) is 1. The summed E-state index contributed by atoms with van der Waals surface area (Å²) in [5.41, 5.74) is 0.950. The summed E-state index contributed by atoms with van der Waals surface area (Å²) in [6, 6.07) is 8.06. The van der Waals surface area contributed by atoms with Crippen LogP contribution in [0, 0.1) is 11.8 Å². The molecule has 2 aliphatic carbocycles. The van der Waals surface area contributed by atoms with E-state index < -0.39 is 0 Å². The monoisotopic (exact) mass is 340 g/mol. The van der Waals surface area contributed by atoms with Crippen LogP contribution >= 0.6 is 0 Å². The minimum atomic E-state index is 0.119. The second-order valence-electron chi connectivity index (χ2n) is 7.11. The molecule has 0 spiro atoms. The molecule has 2 aliphatic rings. The summed E-state index contributed by atoms with van der Waals surface area (Å²) in [7, 11) is 1.64. The van der Waals surface area contributed by atoms with Crippen molar-refractivity contribution >= 4 is 5.91 Å². The molecule has 1 N–H and O–H groups in total. The van der Waals surface area contributed by atoms with E-state index in [-0.39, 0.29) is 5.91 Å². The number of amides is 1. The van der Waals surface area contributed by atoms with Crippen LogP contribution in [0.15, 0.2) is 34.9 Å². The van der Waals surface area contributed by atoms with Gasteiger partial charge in [0.1, 0.15) is 5.75 Å². The van der Waals surface area contributed by atoms with E-state index in [1.807, 2.05) is 24.3 Å². The molecule has 0 saturated heterocycles. The largest absolute Gasteiger partial charge is 0.497 e. The number of aryl methyl sites for hydroxylation is 1. The molecule has 1 aromatic carbocycles. The maximum Gasteiger partial charge on any atom is 0.220 e. The van der Waals surface area contributed by atoms with Gasteiger partial charge in [-0.1, -0.05) is 0 Å². The molecule has 1 amide bonds. The highest BCUT2D eigenvalue weighted by Gasteiger charge is 2.42. The smallest absolute Gasteiger partial charge is 0.220 e. The van der Waals surface area contributed by atoms with Gasteiger partial charge in [-0.3, -0.25) is 4.79 Å². The van der Waals surface area contributed by atoms with Crippen LogP contribution in [0.5, 0.6) is 5.75 Å². The molecule has 0 atom stereocenters. The zero-order valence-electron chi connectivity index (χ0n) is 14.5. The molecule has 2 saturated carbocycles. The molecular weight excluding hydrogens is 316 g/mol. The summed E-state index contributed by atoms with van der Waals surface area (Å²) in [6.45, 7) is 0. The number of methoxy groups -OCH3 is 1. The number of ether oxygens (including phenoxy) is 1. The van der Waals surface area contributed by atoms with Crippen LogP contribution in [-0.2, 0) is 11.2 Å². The maximum absolute atomic E-state index is 12.2. The van der Waals surface area contributed by atoms with Crippen LogP contribution in [0.2, 0.25) is 0 Å². The van der Waals surface area contributed by atoms with Gasteiger partial charge in [-0.2, -0.15) is 0 Å². The van der Waals surface area contributed by atoms with Crippen molar-refractivity contribution in [2.45, 2.75) is 44.6 Å². The van der Waals surface area contributed by atoms with Crippen molar-refractivity contribution in [1.29, 1.82) is 0 Å². The lowest BCUT2D eigenvalue weighted by Gasteiger charge is -2.17. The highest BCUT2D eigenvalue weighted by molar-refractivity contribution is 5.76. The van der Waals surface area contributed by atoms with Crippen molar-refractivity contribution < 1.29 is 13.9 Å². The Kier molecular flexibility index (Phi) is 4.47. The number of hydrogen-bond donors (Lipinski definition) is 1. The number of oxazole rings is 1. The van der Waals surface area contributed by atoms with Gasteiger partial charge in [-0.25, -0.2) is 4.98 Å².